The Morgan fingerprint density at radius 2 is 1.86 bits per heavy atom. The number of urea groups is 1. The SMILES string of the molecule is O=C1N/C(=C/c2ccccc2F)C(=O)N1c1cccc(Cl)c1. The van der Waals surface area contributed by atoms with Crippen LogP contribution in [-0.4, -0.2) is 11.9 Å². The van der Waals surface area contributed by atoms with E-state index in [0.717, 1.165) is 4.90 Å². The van der Waals surface area contributed by atoms with Gasteiger partial charge in [0, 0.05) is 10.6 Å². The Morgan fingerprint density at radius 3 is 2.59 bits per heavy atom. The zero-order chi connectivity index (χ0) is 15.7. The highest BCUT2D eigenvalue weighted by atomic mass is 35.5. The molecule has 2 aromatic carbocycles. The first-order valence-electron chi connectivity index (χ1n) is 6.43. The molecule has 0 spiro atoms. The highest BCUT2D eigenvalue weighted by Crippen LogP contribution is 2.25. The monoisotopic (exact) mass is 316 g/mol. The van der Waals surface area contributed by atoms with E-state index in [-0.39, 0.29) is 11.3 Å². The lowest BCUT2D eigenvalue weighted by atomic mass is 10.2. The van der Waals surface area contributed by atoms with Crippen LogP contribution in [0.1, 0.15) is 5.56 Å². The standard InChI is InChI=1S/C16H10ClFN2O2/c17-11-5-3-6-12(9-11)20-15(21)14(19-16(20)22)8-10-4-1-2-7-13(10)18/h1-9H,(H,19,22)/b14-8+. The summed E-state index contributed by atoms with van der Waals surface area (Å²) in [5.74, 6) is -1.03. The van der Waals surface area contributed by atoms with Crippen LogP contribution in [0.3, 0.4) is 0 Å². The predicted octanol–water partition coefficient (Wildman–Crippen LogP) is 3.58. The van der Waals surface area contributed by atoms with Gasteiger partial charge in [-0.05, 0) is 30.3 Å². The largest absolute Gasteiger partial charge is 0.333 e. The van der Waals surface area contributed by atoms with Crippen molar-refractivity contribution in [2.45, 2.75) is 0 Å². The number of anilines is 1. The molecule has 22 heavy (non-hydrogen) atoms. The van der Waals surface area contributed by atoms with Crippen molar-refractivity contribution in [3.05, 3.63) is 70.6 Å². The first kappa shape index (κ1) is 14.3. The third-order valence-electron chi connectivity index (χ3n) is 3.15. The molecule has 0 atom stereocenters. The molecule has 2 aromatic rings. The van der Waals surface area contributed by atoms with E-state index < -0.39 is 17.8 Å². The van der Waals surface area contributed by atoms with Gasteiger partial charge in [-0.3, -0.25) is 4.79 Å². The number of halogens is 2. The molecular formula is C16H10ClFN2O2. The topological polar surface area (TPSA) is 49.4 Å². The molecule has 6 heteroatoms. The highest BCUT2D eigenvalue weighted by Gasteiger charge is 2.35. The molecule has 1 N–H and O–H groups in total. The number of imide groups is 1. The molecule has 1 aliphatic rings. The van der Waals surface area contributed by atoms with Crippen molar-refractivity contribution in [1.82, 2.24) is 5.32 Å². The van der Waals surface area contributed by atoms with E-state index in [2.05, 4.69) is 5.32 Å². The minimum atomic E-state index is -0.602. The summed E-state index contributed by atoms with van der Waals surface area (Å²) < 4.78 is 13.6. The van der Waals surface area contributed by atoms with Crippen molar-refractivity contribution >= 4 is 35.3 Å². The van der Waals surface area contributed by atoms with Gasteiger partial charge in [0.05, 0.1) is 5.69 Å². The molecule has 0 aliphatic carbocycles. The van der Waals surface area contributed by atoms with Crippen LogP contribution in [0, 0.1) is 5.82 Å². The van der Waals surface area contributed by atoms with Crippen LogP contribution in [0.4, 0.5) is 14.9 Å². The third kappa shape index (κ3) is 2.58. The van der Waals surface area contributed by atoms with Crippen LogP contribution in [0.2, 0.25) is 5.02 Å². The Labute approximate surface area is 130 Å². The summed E-state index contributed by atoms with van der Waals surface area (Å²) >= 11 is 5.87. The maximum absolute atomic E-state index is 13.6. The Hall–Kier alpha value is -2.66. The maximum Gasteiger partial charge on any atom is 0.333 e. The number of carbonyl (C=O) groups excluding carboxylic acids is 2. The number of nitrogens with one attached hydrogen (secondary N) is 1. The van der Waals surface area contributed by atoms with Crippen molar-refractivity contribution in [3.8, 4) is 0 Å². The minimum absolute atomic E-state index is 0.00933. The molecule has 0 unspecified atom stereocenters. The van der Waals surface area contributed by atoms with Gasteiger partial charge in [-0.2, -0.15) is 0 Å². The van der Waals surface area contributed by atoms with Crippen LogP contribution in [0.15, 0.2) is 54.2 Å². The number of hydrogen-bond donors (Lipinski definition) is 1. The summed E-state index contributed by atoms with van der Waals surface area (Å²) in [6.07, 6.45) is 1.31. The average Bonchev–Trinajstić information content (AvgIpc) is 2.76. The maximum atomic E-state index is 13.6. The van der Waals surface area contributed by atoms with E-state index in [9.17, 15) is 14.0 Å². The van der Waals surface area contributed by atoms with E-state index in [1.54, 1.807) is 30.3 Å². The lowest BCUT2D eigenvalue weighted by Gasteiger charge is -2.11. The molecule has 1 fully saturated rings. The van der Waals surface area contributed by atoms with Crippen molar-refractivity contribution in [1.29, 1.82) is 0 Å². The number of amides is 3. The van der Waals surface area contributed by atoms with E-state index >= 15 is 0 Å². The van der Waals surface area contributed by atoms with Crippen molar-refractivity contribution in [3.63, 3.8) is 0 Å². The molecule has 0 saturated carbocycles. The van der Waals surface area contributed by atoms with E-state index in [4.69, 9.17) is 11.6 Å². The van der Waals surface area contributed by atoms with Gasteiger partial charge >= 0.3 is 6.03 Å². The summed E-state index contributed by atoms with van der Waals surface area (Å²) in [7, 11) is 0. The molecule has 110 valence electrons. The predicted molar refractivity (Wildman–Crippen MR) is 81.8 cm³/mol. The first-order valence-corrected chi connectivity index (χ1v) is 6.81. The molecule has 0 aromatic heterocycles. The van der Waals surface area contributed by atoms with Gasteiger partial charge < -0.3 is 5.32 Å². The first-order chi connectivity index (χ1) is 10.6. The average molecular weight is 317 g/mol. The summed E-state index contributed by atoms with van der Waals surface area (Å²) in [5, 5.41) is 2.84. The molecule has 1 heterocycles. The van der Waals surface area contributed by atoms with Crippen LogP contribution in [0.5, 0.6) is 0 Å². The fourth-order valence-corrected chi connectivity index (χ4v) is 2.32. The molecular weight excluding hydrogens is 307 g/mol. The Bertz CT molecular complexity index is 804. The molecule has 0 radical (unpaired) electrons. The molecule has 1 aliphatic heterocycles. The van der Waals surface area contributed by atoms with Gasteiger partial charge in [0.15, 0.2) is 0 Å². The van der Waals surface area contributed by atoms with Crippen LogP contribution >= 0.6 is 11.6 Å². The quantitative estimate of drug-likeness (QED) is 0.680. The van der Waals surface area contributed by atoms with Crippen molar-refractivity contribution in [2.24, 2.45) is 0 Å². The zero-order valence-corrected chi connectivity index (χ0v) is 12.0. The second-order valence-electron chi connectivity index (χ2n) is 4.63. The lowest BCUT2D eigenvalue weighted by molar-refractivity contribution is -0.113. The fraction of sp³-hybridized carbons (Fsp3) is 0. The summed E-state index contributed by atoms with van der Waals surface area (Å²) in [6, 6.07) is 11.8. The van der Waals surface area contributed by atoms with E-state index in [1.165, 1.54) is 24.3 Å². The fourth-order valence-electron chi connectivity index (χ4n) is 2.13. The van der Waals surface area contributed by atoms with E-state index in [0.29, 0.717) is 10.7 Å². The molecule has 0 bridgehead atoms. The Balaban J connectivity index is 1.97. The molecule has 4 nitrogen and oxygen atoms in total. The number of rotatable bonds is 2. The van der Waals surface area contributed by atoms with Gasteiger partial charge in [-0.15, -0.1) is 0 Å². The smallest absolute Gasteiger partial charge is 0.302 e. The molecule has 3 amide bonds. The Kier molecular flexibility index (Phi) is 3.65. The third-order valence-corrected chi connectivity index (χ3v) is 3.38. The lowest BCUT2D eigenvalue weighted by Crippen LogP contribution is -2.30. The normalized spacial score (nSPS) is 16.3. The number of hydrogen-bond acceptors (Lipinski definition) is 2. The van der Waals surface area contributed by atoms with Gasteiger partial charge in [-0.25, -0.2) is 14.1 Å². The van der Waals surface area contributed by atoms with Crippen molar-refractivity contribution in [2.75, 3.05) is 4.90 Å². The van der Waals surface area contributed by atoms with Gasteiger partial charge in [0.25, 0.3) is 5.91 Å². The van der Waals surface area contributed by atoms with Gasteiger partial charge in [0.2, 0.25) is 0 Å². The van der Waals surface area contributed by atoms with Crippen LogP contribution in [0.25, 0.3) is 6.08 Å². The molecule has 1 saturated heterocycles. The van der Waals surface area contributed by atoms with Crippen molar-refractivity contribution < 1.29 is 14.0 Å². The molecule has 3 rings (SSSR count). The number of benzene rings is 2. The van der Waals surface area contributed by atoms with E-state index in [1.807, 2.05) is 0 Å². The van der Waals surface area contributed by atoms with Crippen LogP contribution in [-0.2, 0) is 4.79 Å². The van der Waals surface area contributed by atoms with Gasteiger partial charge in [-0.1, -0.05) is 35.9 Å². The summed E-state index contributed by atoms with van der Waals surface area (Å²) in [6.45, 7) is 0. The van der Waals surface area contributed by atoms with Gasteiger partial charge in [0.1, 0.15) is 11.5 Å². The Morgan fingerprint density at radius 1 is 1.09 bits per heavy atom. The number of carbonyl (C=O) groups is 2. The minimum Gasteiger partial charge on any atom is -0.302 e. The number of nitrogens with zero attached hydrogens (tertiary/aromatic N) is 1. The van der Waals surface area contributed by atoms with Crippen LogP contribution < -0.4 is 10.2 Å². The highest BCUT2D eigenvalue weighted by molar-refractivity contribution is 6.32. The summed E-state index contributed by atoms with van der Waals surface area (Å²) in [5.41, 5.74) is 0.584. The second-order valence-corrected chi connectivity index (χ2v) is 5.07. The summed E-state index contributed by atoms with van der Waals surface area (Å²) in [4.78, 5) is 25.3. The second kappa shape index (κ2) is 5.61. The zero-order valence-electron chi connectivity index (χ0n) is 11.2.